The van der Waals surface area contributed by atoms with Gasteiger partial charge in [0.05, 0.1) is 12.0 Å². The highest BCUT2D eigenvalue weighted by Gasteiger charge is 2.20. The Kier molecular flexibility index (Phi) is 5.26. The minimum Gasteiger partial charge on any atom is -0.280 e. The first kappa shape index (κ1) is 18.0. The Balaban J connectivity index is 2.39. The van der Waals surface area contributed by atoms with Gasteiger partial charge in [-0.15, -0.1) is 0 Å². The smallest absolute Gasteiger partial charge is 0.277 e. The van der Waals surface area contributed by atoms with E-state index in [2.05, 4.69) is 4.72 Å². The van der Waals surface area contributed by atoms with Crippen LogP contribution in [0.15, 0.2) is 47.4 Å². The Morgan fingerprint density at radius 1 is 1.12 bits per heavy atom. The number of hydrogen-bond donors (Lipinski definition) is 1. The lowest BCUT2D eigenvalue weighted by atomic mass is 10.1. The number of aryl methyl sites for hydroxylation is 2. The van der Waals surface area contributed by atoms with Crippen molar-refractivity contribution in [2.24, 2.45) is 0 Å². The molecule has 7 heteroatoms. The van der Waals surface area contributed by atoms with E-state index in [1.54, 1.807) is 31.2 Å². The molecule has 0 aliphatic heterocycles. The lowest BCUT2D eigenvalue weighted by Gasteiger charge is -2.16. The van der Waals surface area contributed by atoms with Gasteiger partial charge in [0.15, 0.2) is 0 Å². The van der Waals surface area contributed by atoms with Crippen LogP contribution in [0, 0.1) is 13.8 Å². The first-order chi connectivity index (χ1) is 11.2. The summed E-state index contributed by atoms with van der Waals surface area (Å²) in [5, 5.41) is 1.05. The molecule has 0 aromatic heterocycles. The summed E-state index contributed by atoms with van der Waals surface area (Å²) in [6.45, 7) is 3.61. The highest BCUT2D eigenvalue weighted by molar-refractivity contribution is 7.92. The summed E-state index contributed by atoms with van der Waals surface area (Å²) < 4.78 is 27.7. The van der Waals surface area contributed by atoms with Gasteiger partial charge in [-0.05, 0) is 49.2 Å². The van der Waals surface area contributed by atoms with Gasteiger partial charge < -0.3 is 0 Å². The number of nitrogens with one attached hydrogen (secondary N) is 1. The maximum atomic E-state index is 12.6. The molecule has 0 aliphatic carbocycles. The second-order valence-electron chi connectivity index (χ2n) is 5.44. The van der Waals surface area contributed by atoms with Gasteiger partial charge >= 0.3 is 0 Å². The van der Waals surface area contributed by atoms with Crippen molar-refractivity contribution >= 4 is 21.6 Å². The summed E-state index contributed by atoms with van der Waals surface area (Å²) in [6, 6.07) is 11.5. The molecule has 0 saturated carbocycles. The van der Waals surface area contributed by atoms with E-state index in [0.29, 0.717) is 11.3 Å². The summed E-state index contributed by atoms with van der Waals surface area (Å²) in [5.74, 6) is -0.414. The van der Waals surface area contributed by atoms with Crippen LogP contribution in [-0.4, -0.2) is 33.5 Å². The monoisotopic (exact) mass is 348 g/mol. The van der Waals surface area contributed by atoms with Crippen LogP contribution in [0.4, 0.5) is 5.69 Å². The van der Waals surface area contributed by atoms with E-state index in [4.69, 9.17) is 4.84 Å². The zero-order valence-electron chi connectivity index (χ0n) is 14.0. The Labute approximate surface area is 142 Å². The van der Waals surface area contributed by atoms with Gasteiger partial charge in [0.1, 0.15) is 0 Å². The number of sulfonamides is 1. The van der Waals surface area contributed by atoms with Gasteiger partial charge in [0.2, 0.25) is 0 Å². The molecular formula is C17H20N2O4S. The van der Waals surface area contributed by atoms with Crippen LogP contribution in [0.2, 0.25) is 0 Å². The van der Waals surface area contributed by atoms with Gasteiger partial charge in [0.25, 0.3) is 15.9 Å². The molecule has 1 N–H and O–H groups in total. The molecule has 0 spiro atoms. The summed E-state index contributed by atoms with van der Waals surface area (Å²) >= 11 is 0. The van der Waals surface area contributed by atoms with Crippen molar-refractivity contribution in [1.82, 2.24) is 5.06 Å². The van der Waals surface area contributed by atoms with Gasteiger partial charge in [-0.25, -0.2) is 13.5 Å². The summed E-state index contributed by atoms with van der Waals surface area (Å²) in [7, 11) is -0.962. The molecule has 0 fully saturated rings. The fraction of sp³-hybridized carbons (Fsp3) is 0.235. The second kappa shape index (κ2) is 7.02. The average Bonchev–Trinajstić information content (AvgIpc) is 2.53. The van der Waals surface area contributed by atoms with Crippen LogP contribution in [0.1, 0.15) is 21.5 Å². The number of benzene rings is 2. The maximum Gasteiger partial charge on any atom is 0.277 e. The molecular weight excluding hydrogens is 328 g/mol. The fourth-order valence-electron chi connectivity index (χ4n) is 2.17. The molecule has 24 heavy (non-hydrogen) atoms. The second-order valence-corrected chi connectivity index (χ2v) is 7.12. The van der Waals surface area contributed by atoms with Crippen molar-refractivity contribution in [2.45, 2.75) is 18.7 Å². The van der Waals surface area contributed by atoms with Crippen molar-refractivity contribution in [1.29, 1.82) is 0 Å². The normalized spacial score (nSPS) is 11.2. The van der Waals surface area contributed by atoms with Crippen LogP contribution in [-0.2, 0) is 14.9 Å². The van der Waals surface area contributed by atoms with Gasteiger partial charge in [-0.1, -0.05) is 18.2 Å². The van der Waals surface area contributed by atoms with E-state index in [0.717, 1.165) is 10.6 Å². The molecule has 1 amide bonds. The molecule has 2 rings (SSSR count). The Morgan fingerprint density at radius 3 is 2.46 bits per heavy atom. The van der Waals surface area contributed by atoms with Gasteiger partial charge in [-0.3, -0.25) is 14.4 Å². The van der Waals surface area contributed by atoms with Crippen LogP contribution >= 0.6 is 0 Å². The quantitative estimate of drug-likeness (QED) is 0.843. The zero-order chi connectivity index (χ0) is 17.9. The van der Waals surface area contributed by atoms with Crippen molar-refractivity contribution in [3.63, 3.8) is 0 Å². The fourth-order valence-corrected chi connectivity index (χ4v) is 3.25. The summed E-state index contributed by atoms with van der Waals surface area (Å²) in [5.41, 5.74) is 2.35. The number of rotatable bonds is 5. The third kappa shape index (κ3) is 3.93. The van der Waals surface area contributed by atoms with Gasteiger partial charge in [0, 0.05) is 18.3 Å². The van der Waals surface area contributed by atoms with Crippen LogP contribution in [0.25, 0.3) is 0 Å². The highest BCUT2D eigenvalue weighted by Crippen LogP contribution is 2.20. The molecule has 6 nitrogen and oxygen atoms in total. The molecule has 0 aliphatic rings. The number of hydroxylamine groups is 2. The highest BCUT2D eigenvalue weighted by atomic mass is 32.2. The van der Waals surface area contributed by atoms with Crippen molar-refractivity contribution in [3.8, 4) is 0 Å². The lowest BCUT2D eigenvalue weighted by Crippen LogP contribution is -2.26. The van der Waals surface area contributed by atoms with E-state index in [-0.39, 0.29) is 10.5 Å². The molecule has 2 aromatic rings. The minimum atomic E-state index is -3.80. The van der Waals surface area contributed by atoms with Crippen molar-refractivity contribution in [2.75, 3.05) is 18.9 Å². The molecule has 128 valence electrons. The number of carbonyl (C=O) groups is 1. The predicted molar refractivity (Wildman–Crippen MR) is 92.3 cm³/mol. The number of nitrogens with zero attached hydrogens (tertiary/aromatic N) is 1. The lowest BCUT2D eigenvalue weighted by molar-refractivity contribution is -0.0757. The molecule has 0 heterocycles. The van der Waals surface area contributed by atoms with E-state index in [1.807, 2.05) is 13.0 Å². The largest absolute Gasteiger partial charge is 0.280 e. The first-order valence-electron chi connectivity index (χ1n) is 7.27. The van der Waals surface area contributed by atoms with Crippen LogP contribution in [0.5, 0.6) is 0 Å². The van der Waals surface area contributed by atoms with E-state index in [1.165, 1.54) is 26.3 Å². The van der Waals surface area contributed by atoms with Crippen LogP contribution in [0.3, 0.4) is 0 Å². The molecule has 0 radical (unpaired) electrons. The van der Waals surface area contributed by atoms with Crippen molar-refractivity contribution < 1.29 is 18.0 Å². The molecule has 0 unspecified atom stereocenters. The molecule has 0 atom stereocenters. The van der Waals surface area contributed by atoms with E-state index in [9.17, 15) is 13.2 Å². The Morgan fingerprint density at radius 2 is 1.83 bits per heavy atom. The Bertz CT molecular complexity index is 863. The average molecular weight is 348 g/mol. The van der Waals surface area contributed by atoms with E-state index >= 15 is 0 Å². The third-order valence-electron chi connectivity index (χ3n) is 3.58. The Hall–Kier alpha value is -2.38. The molecule has 0 saturated heterocycles. The predicted octanol–water partition coefficient (Wildman–Crippen LogP) is 2.74. The molecule has 0 bridgehead atoms. The number of carbonyl (C=O) groups excluding carboxylic acids is 1. The SMILES string of the molecule is CON(C)C(=O)c1cc(S(=O)(=O)Nc2cccc(C)c2)ccc1C. The van der Waals surface area contributed by atoms with Crippen LogP contribution < -0.4 is 4.72 Å². The van der Waals surface area contributed by atoms with Crippen molar-refractivity contribution in [3.05, 3.63) is 59.2 Å². The number of hydrogen-bond acceptors (Lipinski definition) is 4. The van der Waals surface area contributed by atoms with Gasteiger partial charge in [-0.2, -0.15) is 0 Å². The van der Waals surface area contributed by atoms with E-state index < -0.39 is 15.9 Å². The minimum absolute atomic E-state index is 0.0162. The summed E-state index contributed by atoms with van der Waals surface area (Å²) in [6.07, 6.45) is 0. The zero-order valence-corrected chi connectivity index (χ0v) is 14.8. The first-order valence-corrected chi connectivity index (χ1v) is 8.75. The third-order valence-corrected chi connectivity index (χ3v) is 4.96. The molecule has 2 aromatic carbocycles. The maximum absolute atomic E-state index is 12.6. The number of anilines is 1. The standard InChI is InChI=1S/C17H20N2O4S/c1-12-6-5-7-14(10-12)18-24(21,22)15-9-8-13(2)16(11-15)17(20)19(3)23-4/h5-11,18H,1-4H3. The topological polar surface area (TPSA) is 75.7 Å². The number of amides is 1. The summed E-state index contributed by atoms with van der Waals surface area (Å²) in [4.78, 5) is 17.2.